The maximum absolute atomic E-state index is 8.69. The van der Waals surface area contributed by atoms with Crippen LogP contribution in [0, 0.1) is 11.3 Å². The average Bonchev–Trinajstić information content (AvgIpc) is 2.48. The number of rotatable bonds is 4. The molecule has 0 unspecified atom stereocenters. The van der Waals surface area contributed by atoms with E-state index in [1.807, 2.05) is 12.1 Å². The first kappa shape index (κ1) is 12.7. The third kappa shape index (κ3) is 2.75. The van der Waals surface area contributed by atoms with Gasteiger partial charge in [0, 0.05) is 0 Å². The van der Waals surface area contributed by atoms with E-state index >= 15 is 0 Å². The SMILES string of the molecule is COc1cccc(OC)c1Oc1ccc(C#N)nc1. The van der Waals surface area contributed by atoms with E-state index < -0.39 is 0 Å². The van der Waals surface area contributed by atoms with Crippen LogP contribution in [0.1, 0.15) is 5.69 Å². The molecule has 0 aliphatic heterocycles. The minimum absolute atomic E-state index is 0.333. The fourth-order valence-corrected chi connectivity index (χ4v) is 1.54. The second-order valence-corrected chi connectivity index (χ2v) is 3.58. The summed E-state index contributed by atoms with van der Waals surface area (Å²) in [7, 11) is 3.11. The summed E-state index contributed by atoms with van der Waals surface area (Å²) in [4.78, 5) is 3.94. The van der Waals surface area contributed by atoms with Gasteiger partial charge in [-0.1, -0.05) is 6.07 Å². The van der Waals surface area contributed by atoms with Crippen LogP contribution < -0.4 is 14.2 Å². The van der Waals surface area contributed by atoms with E-state index in [0.717, 1.165) is 0 Å². The second-order valence-electron chi connectivity index (χ2n) is 3.58. The van der Waals surface area contributed by atoms with E-state index in [9.17, 15) is 0 Å². The number of para-hydroxylation sites is 1. The Morgan fingerprint density at radius 3 is 2.21 bits per heavy atom. The fourth-order valence-electron chi connectivity index (χ4n) is 1.54. The highest BCUT2D eigenvalue weighted by molar-refractivity contribution is 5.52. The lowest BCUT2D eigenvalue weighted by molar-refractivity contribution is 0.346. The van der Waals surface area contributed by atoms with Gasteiger partial charge in [-0.05, 0) is 24.3 Å². The Hall–Kier alpha value is -2.74. The normalized spacial score (nSPS) is 9.53. The van der Waals surface area contributed by atoms with E-state index in [4.69, 9.17) is 19.5 Å². The summed E-state index contributed by atoms with van der Waals surface area (Å²) in [5.74, 6) is 2.09. The molecule has 96 valence electrons. The van der Waals surface area contributed by atoms with Crippen LogP contribution in [0.4, 0.5) is 0 Å². The van der Waals surface area contributed by atoms with Gasteiger partial charge in [-0.2, -0.15) is 5.26 Å². The Kier molecular flexibility index (Phi) is 3.84. The molecule has 1 aromatic heterocycles. The molecule has 0 atom stereocenters. The van der Waals surface area contributed by atoms with Gasteiger partial charge < -0.3 is 14.2 Å². The number of aromatic nitrogens is 1. The first-order valence-corrected chi connectivity index (χ1v) is 5.53. The largest absolute Gasteiger partial charge is 0.493 e. The summed E-state index contributed by atoms with van der Waals surface area (Å²) >= 11 is 0. The Morgan fingerprint density at radius 2 is 1.74 bits per heavy atom. The molecule has 5 heteroatoms. The number of benzene rings is 1. The molecule has 0 aliphatic rings. The smallest absolute Gasteiger partial charge is 0.211 e. The van der Waals surface area contributed by atoms with Crippen LogP contribution in [0.3, 0.4) is 0 Å². The third-order valence-electron chi connectivity index (χ3n) is 2.45. The molecular formula is C14H12N2O3. The van der Waals surface area contributed by atoms with Crippen LogP contribution in [-0.2, 0) is 0 Å². The molecule has 19 heavy (non-hydrogen) atoms. The number of nitrogens with zero attached hydrogens (tertiary/aromatic N) is 2. The monoisotopic (exact) mass is 256 g/mol. The molecule has 0 fully saturated rings. The van der Waals surface area contributed by atoms with Crippen LogP contribution in [-0.4, -0.2) is 19.2 Å². The van der Waals surface area contributed by atoms with Crippen molar-refractivity contribution in [2.24, 2.45) is 0 Å². The lowest BCUT2D eigenvalue weighted by Crippen LogP contribution is -1.95. The molecule has 0 bridgehead atoms. The van der Waals surface area contributed by atoms with Crippen molar-refractivity contribution in [1.29, 1.82) is 5.26 Å². The Bertz CT molecular complexity index is 581. The molecule has 5 nitrogen and oxygen atoms in total. The van der Waals surface area contributed by atoms with Crippen molar-refractivity contribution in [1.82, 2.24) is 4.98 Å². The van der Waals surface area contributed by atoms with Crippen LogP contribution in [0.25, 0.3) is 0 Å². The van der Waals surface area contributed by atoms with Gasteiger partial charge in [0.05, 0.1) is 20.4 Å². The number of nitriles is 1. The van der Waals surface area contributed by atoms with Crippen LogP contribution in [0.2, 0.25) is 0 Å². The van der Waals surface area contributed by atoms with Crippen molar-refractivity contribution in [2.75, 3.05) is 14.2 Å². The van der Waals surface area contributed by atoms with E-state index in [2.05, 4.69) is 4.98 Å². The molecule has 0 aliphatic carbocycles. The number of ether oxygens (including phenoxy) is 3. The molecule has 1 heterocycles. The lowest BCUT2D eigenvalue weighted by Gasteiger charge is -2.13. The summed E-state index contributed by atoms with van der Waals surface area (Å²) < 4.78 is 16.2. The fraction of sp³-hybridized carbons (Fsp3) is 0.143. The number of hydrogen-bond donors (Lipinski definition) is 0. The van der Waals surface area contributed by atoms with Gasteiger partial charge in [-0.15, -0.1) is 0 Å². The van der Waals surface area contributed by atoms with Gasteiger partial charge in [0.2, 0.25) is 5.75 Å². The highest BCUT2D eigenvalue weighted by Gasteiger charge is 2.12. The van der Waals surface area contributed by atoms with E-state index in [1.54, 1.807) is 38.5 Å². The van der Waals surface area contributed by atoms with Gasteiger partial charge in [-0.25, -0.2) is 4.98 Å². The molecule has 2 rings (SSSR count). The van der Waals surface area contributed by atoms with Gasteiger partial charge >= 0.3 is 0 Å². The Morgan fingerprint density at radius 1 is 1.05 bits per heavy atom. The second kappa shape index (κ2) is 5.74. The van der Waals surface area contributed by atoms with Crippen molar-refractivity contribution in [2.45, 2.75) is 0 Å². The summed E-state index contributed by atoms with van der Waals surface area (Å²) in [5.41, 5.74) is 0.333. The Balaban J connectivity index is 2.34. The average molecular weight is 256 g/mol. The van der Waals surface area contributed by atoms with Crippen LogP contribution >= 0.6 is 0 Å². The van der Waals surface area contributed by atoms with Crippen molar-refractivity contribution in [3.05, 3.63) is 42.2 Å². The number of hydrogen-bond acceptors (Lipinski definition) is 5. The van der Waals surface area contributed by atoms with Crippen molar-refractivity contribution in [3.8, 4) is 29.1 Å². The number of pyridine rings is 1. The minimum atomic E-state index is 0.333. The third-order valence-corrected chi connectivity index (χ3v) is 2.45. The standard InChI is InChI=1S/C14H12N2O3/c1-17-12-4-3-5-13(18-2)14(12)19-11-7-6-10(8-15)16-9-11/h3-7,9H,1-2H3. The summed E-state index contributed by atoms with van der Waals surface area (Å²) in [6.07, 6.45) is 1.48. The Labute approximate surface area is 111 Å². The van der Waals surface area contributed by atoms with Crippen LogP contribution in [0.5, 0.6) is 23.0 Å². The molecule has 1 aromatic carbocycles. The van der Waals surface area contributed by atoms with Crippen molar-refractivity contribution < 1.29 is 14.2 Å². The molecule has 0 spiro atoms. The quantitative estimate of drug-likeness (QED) is 0.841. The molecule has 0 amide bonds. The minimum Gasteiger partial charge on any atom is -0.493 e. The first-order valence-electron chi connectivity index (χ1n) is 5.53. The molecule has 0 saturated carbocycles. The first-order chi connectivity index (χ1) is 9.28. The summed E-state index contributed by atoms with van der Waals surface area (Å²) in [5, 5.41) is 8.69. The zero-order valence-corrected chi connectivity index (χ0v) is 10.6. The zero-order chi connectivity index (χ0) is 13.7. The maximum atomic E-state index is 8.69. The topological polar surface area (TPSA) is 64.4 Å². The van der Waals surface area contributed by atoms with E-state index in [1.165, 1.54) is 6.20 Å². The maximum Gasteiger partial charge on any atom is 0.211 e. The van der Waals surface area contributed by atoms with Crippen molar-refractivity contribution in [3.63, 3.8) is 0 Å². The lowest BCUT2D eigenvalue weighted by atomic mass is 10.3. The predicted molar refractivity (Wildman–Crippen MR) is 68.6 cm³/mol. The predicted octanol–water partition coefficient (Wildman–Crippen LogP) is 2.76. The highest BCUT2D eigenvalue weighted by atomic mass is 16.5. The van der Waals surface area contributed by atoms with Gasteiger partial charge in [0.1, 0.15) is 17.5 Å². The molecule has 0 radical (unpaired) electrons. The highest BCUT2D eigenvalue weighted by Crippen LogP contribution is 2.39. The zero-order valence-electron chi connectivity index (χ0n) is 10.6. The van der Waals surface area contributed by atoms with Crippen molar-refractivity contribution >= 4 is 0 Å². The summed E-state index contributed by atoms with van der Waals surface area (Å²) in [6.45, 7) is 0. The molecule has 0 N–H and O–H groups in total. The summed E-state index contributed by atoms with van der Waals surface area (Å²) in [6, 6.07) is 10.5. The van der Waals surface area contributed by atoms with E-state index in [0.29, 0.717) is 28.7 Å². The van der Waals surface area contributed by atoms with Crippen LogP contribution in [0.15, 0.2) is 36.5 Å². The van der Waals surface area contributed by atoms with E-state index in [-0.39, 0.29) is 0 Å². The van der Waals surface area contributed by atoms with Gasteiger partial charge in [-0.3, -0.25) is 0 Å². The molecule has 0 saturated heterocycles. The molecule has 2 aromatic rings. The van der Waals surface area contributed by atoms with Gasteiger partial charge in [0.25, 0.3) is 0 Å². The van der Waals surface area contributed by atoms with Gasteiger partial charge in [0.15, 0.2) is 11.5 Å². The molecular weight excluding hydrogens is 244 g/mol. The number of methoxy groups -OCH3 is 2.